The molecule has 0 spiro atoms. The number of hydrogen-bond donors (Lipinski definition) is 0. The third-order valence-corrected chi connectivity index (χ3v) is 3.76. The minimum atomic E-state index is -0.0792. The molecule has 24 heavy (non-hydrogen) atoms. The van der Waals surface area contributed by atoms with E-state index >= 15 is 0 Å². The Balaban J connectivity index is 2.10. The fourth-order valence-electron chi connectivity index (χ4n) is 2.46. The number of methoxy groups -OCH3 is 2. The number of benzene rings is 2. The molecule has 0 aliphatic carbocycles. The van der Waals surface area contributed by atoms with Gasteiger partial charge in [-0.3, -0.25) is 4.79 Å². The van der Waals surface area contributed by atoms with E-state index in [0.29, 0.717) is 6.54 Å². The lowest BCUT2D eigenvalue weighted by Gasteiger charge is -2.18. The van der Waals surface area contributed by atoms with Crippen molar-refractivity contribution in [2.24, 2.45) is 0 Å². The predicted molar refractivity (Wildman–Crippen MR) is 96.2 cm³/mol. The highest BCUT2D eigenvalue weighted by Gasteiger charge is 2.10. The van der Waals surface area contributed by atoms with Crippen LogP contribution in [0.5, 0.6) is 11.5 Å². The van der Waals surface area contributed by atoms with Crippen molar-refractivity contribution in [2.75, 3.05) is 21.3 Å². The lowest BCUT2D eigenvalue weighted by atomic mass is 10.1. The van der Waals surface area contributed by atoms with Crippen LogP contribution >= 0.6 is 0 Å². The maximum atomic E-state index is 12.4. The molecule has 0 atom stereocenters. The van der Waals surface area contributed by atoms with Crippen molar-refractivity contribution in [3.05, 3.63) is 65.2 Å². The van der Waals surface area contributed by atoms with Crippen molar-refractivity contribution in [3.8, 4) is 11.5 Å². The predicted octanol–water partition coefficient (Wildman–Crippen LogP) is 3.68. The summed E-state index contributed by atoms with van der Waals surface area (Å²) in [5.74, 6) is 1.45. The molecule has 2 rings (SSSR count). The average Bonchev–Trinajstić information content (AvgIpc) is 2.60. The molecule has 126 valence electrons. The summed E-state index contributed by atoms with van der Waals surface area (Å²) in [6.45, 7) is 2.51. The van der Waals surface area contributed by atoms with Gasteiger partial charge in [0, 0.05) is 30.8 Å². The first kappa shape index (κ1) is 17.6. The van der Waals surface area contributed by atoms with E-state index in [2.05, 4.69) is 0 Å². The number of para-hydroxylation sites is 1. The third kappa shape index (κ3) is 4.38. The summed E-state index contributed by atoms with van der Waals surface area (Å²) in [7, 11) is 5.03. The van der Waals surface area contributed by atoms with Gasteiger partial charge in [0.1, 0.15) is 11.5 Å². The molecular weight excluding hydrogens is 302 g/mol. The van der Waals surface area contributed by atoms with Crippen molar-refractivity contribution < 1.29 is 14.3 Å². The van der Waals surface area contributed by atoms with Crippen LogP contribution in [-0.4, -0.2) is 32.1 Å². The molecule has 0 aromatic heterocycles. The monoisotopic (exact) mass is 325 g/mol. The standard InChI is InChI=1S/C20H23NO3/c1-15-9-11-19(24-4)17(13-15)14-21(2)20(22)12-10-16-7-5-6-8-18(16)23-3/h5-13H,14H2,1-4H3/b12-10+. The maximum Gasteiger partial charge on any atom is 0.246 e. The summed E-state index contributed by atoms with van der Waals surface area (Å²) in [5, 5.41) is 0. The zero-order chi connectivity index (χ0) is 17.5. The summed E-state index contributed by atoms with van der Waals surface area (Å²) in [6, 6.07) is 13.5. The van der Waals surface area contributed by atoms with Gasteiger partial charge in [-0.2, -0.15) is 0 Å². The molecule has 0 unspecified atom stereocenters. The van der Waals surface area contributed by atoms with Gasteiger partial charge < -0.3 is 14.4 Å². The van der Waals surface area contributed by atoms with Crippen molar-refractivity contribution >= 4 is 12.0 Å². The summed E-state index contributed by atoms with van der Waals surface area (Å²) in [4.78, 5) is 14.0. The number of ether oxygens (including phenoxy) is 2. The molecule has 1 amide bonds. The topological polar surface area (TPSA) is 38.8 Å². The second kappa shape index (κ2) is 8.20. The van der Waals surface area contributed by atoms with E-state index in [1.165, 1.54) is 0 Å². The molecule has 0 aliphatic heterocycles. The number of hydrogen-bond acceptors (Lipinski definition) is 3. The summed E-state index contributed by atoms with van der Waals surface area (Å²) in [6.07, 6.45) is 3.32. The SMILES string of the molecule is COc1ccccc1/C=C/C(=O)N(C)Cc1cc(C)ccc1OC. The molecule has 0 saturated heterocycles. The number of aryl methyl sites for hydroxylation is 1. The van der Waals surface area contributed by atoms with Crippen LogP contribution in [0.4, 0.5) is 0 Å². The normalized spacial score (nSPS) is 10.7. The van der Waals surface area contributed by atoms with E-state index < -0.39 is 0 Å². The van der Waals surface area contributed by atoms with Crippen LogP contribution in [0.1, 0.15) is 16.7 Å². The Morgan fingerprint density at radius 1 is 1.08 bits per heavy atom. The first-order valence-electron chi connectivity index (χ1n) is 7.75. The molecular formula is C20H23NO3. The van der Waals surface area contributed by atoms with Crippen LogP contribution in [0.2, 0.25) is 0 Å². The highest BCUT2D eigenvalue weighted by molar-refractivity contribution is 5.92. The Kier molecular flexibility index (Phi) is 6.01. The van der Waals surface area contributed by atoms with Crippen LogP contribution in [0.3, 0.4) is 0 Å². The first-order chi connectivity index (χ1) is 11.5. The Labute approximate surface area is 143 Å². The van der Waals surface area contributed by atoms with Gasteiger partial charge in [0.15, 0.2) is 0 Å². The Hall–Kier alpha value is -2.75. The second-order valence-corrected chi connectivity index (χ2v) is 5.58. The molecule has 0 bridgehead atoms. The Morgan fingerprint density at radius 3 is 2.50 bits per heavy atom. The number of nitrogens with zero attached hydrogens (tertiary/aromatic N) is 1. The Morgan fingerprint density at radius 2 is 1.79 bits per heavy atom. The van der Waals surface area contributed by atoms with Crippen molar-refractivity contribution in [1.29, 1.82) is 0 Å². The smallest absolute Gasteiger partial charge is 0.246 e. The zero-order valence-corrected chi connectivity index (χ0v) is 14.6. The quantitative estimate of drug-likeness (QED) is 0.761. The van der Waals surface area contributed by atoms with Crippen LogP contribution in [0.15, 0.2) is 48.5 Å². The number of rotatable bonds is 6. The van der Waals surface area contributed by atoms with E-state index in [4.69, 9.17) is 9.47 Å². The van der Waals surface area contributed by atoms with Crippen LogP contribution in [0.25, 0.3) is 6.08 Å². The highest BCUT2D eigenvalue weighted by Crippen LogP contribution is 2.22. The minimum absolute atomic E-state index is 0.0792. The number of likely N-dealkylation sites (N-methyl/N-ethyl adjacent to an activating group) is 1. The van der Waals surface area contributed by atoms with Gasteiger partial charge in [-0.15, -0.1) is 0 Å². The van der Waals surface area contributed by atoms with E-state index in [0.717, 1.165) is 28.2 Å². The van der Waals surface area contributed by atoms with Crippen LogP contribution in [0, 0.1) is 6.92 Å². The fraction of sp³-hybridized carbons (Fsp3) is 0.250. The van der Waals surface area contributed by atoms with Crippen LogP contribution in [-0.2, 0) is 11.3 Å². The molecule has 0 saturated carbocycles. The van der Waals surface area contributed by atoms with Crippen molar-refractivity contribution in [3.63, 3.8) is 0 Å². The zero-order valence-electron chi connectivity index (χ0n) is 14.6. The average molecular weight is 325 g/mol. The van der Waals surface area contributed by atoms with Gasteiger partial charge in [0.05, 0.1) is 14.2 Å². The molecule has 2 aromatic rings. The molecule has 0 N–H and O–H groups in total. The van der Waals surface area contributed by atoms with Gasteiger partial charge in [-0.1, -0.05) is 35.9 Å². The lowest BCUT2D eigenvalue weighted by molar-refractivity contribution is -0.125. The van der Waals surface area contributed by atoms with Gasteiger partial charge in [0.25, 0.3) is 0 Å². The van der Waals surface area contributed by atoms with Gasteiger partial charge >= 0.3 is 0 Å². The van der Waals surface area contributed by atoms with E-state index in [9.17, 15) is 4.79 Å². The van der Waals surface area contributed by atoms with E-state index in [-0.39, 0.29) is 5.91 Å². The summed E-state index contributed by atoms with van der Waals surface area (Å²) < 4.78 is 10.7. The molecule has 2 aromatic carbocycles. The first-order valence-corrected chi connectivity index (χ1v) is 7.75. The van der Waals surface area contributed by atoms with E-state index in [1.54, 1.807) is 38.3 Å². The Bertz CT molecular complexity index is 737. The summed E-state index contributed by atoms with van der Waals surface area (Å²) in [5.41, 5.74) is 2.99. The van der Waals surface area contributed by atoms with Gasteiger partial charge in [0.2, 0.25) is 5.91 Å². The number of carbonyl (C=O) groups is 1. The van der Waals surface area contributed by atoms with Crippen molar-refractivity contribution in [2.45, 2.75) is 13.5 Å². The molecule has 4 nitrogen and oxygen atoms in total. The number of amides is 1. The van der Waals surface area contributed by atoms with Crippen molar-refractivity contribution in [1.82, 2.24) is 4.90 Å². The second-order valence-electron chi connectivity index (χ2n) is 5.58. The highest BCUT2D eigenvalue weighted by atomic mass is 16.5. The molecule has 0 radical (unpaired) electrons. The largest absolute Gasteiger partial charge is 0.496 e. The van der Waals surface area contributed by atoms with Gasteiger partial charge in [-0.05, 0) is 25.1 Å². The third-order valence-electron chi connectivity index (χ3n) is 3.76. The minimum Gasteiger partial charge on any atom is -0.496 e. The maximum absolute atomic E-state index is 12.4. The van der Waals surface area contributed by atoms with E-state index in [1.807, 2.05) is 49.4 Å². The fourth-order valence-corrected chi connectivity index (χ4v) is 2.46. The summed E-state index contributed by atoms with van der Waals surface area (Å²) >= 11 is 0. The molecule has 0 fully saturated rings. The van der Waals surface area contributed by atoms with Crippen LogP contribution < -0.4 is 9.47 Å². The molecule has 0 aliphatic rings. The van der Waals surface area contributed by atoms with Gasteiger partial charge in [-0.25, -0.2) is 0 Å². The lowest BCUT2D eigenvalue weighted by Crippen LogP contribution is -2.24. The number of carbonyl (C=O) groups excluding carboxylic acids is 1. The molecule has 4 heteroatoms. The molecule has 0 heterocycles.